The van der Waals surface area contributed by atoms with Gasteiger partial charge in [-0.2, -0.15) is 0 Å². The molecule has 1 aromatic carbocycles. The van der Waals surface area contributed by atoms with Gasteiger partial charge in [0.1, 0.15) is 5.82 Å². The lowest BCUT2D eigenvalue weighted by Crippen LogP contribution is -2.14. The minimum absolute atomic E-state index is 0.0624. The summed E-state index contributed by atoms with van der Waals surface area (Å²) in [5, 5.41) is 5.13. The molecule has 1 fully saturated rings. The molecule has 1 aliphatic rings. The van der Waals surface area contributed by atoms with Crippen LogP contribution in [0.5, 0.6) is 0 Å². The van der Waals surface area contributed by atoms with Gasteiger partial charge in [0.25, 0.3) is 0 Å². The number of pyridine rings is 1. The highest BCUT2D eigenvalue weighted by molar-refractivity contribution is 6.28. The zero-order chi connectivity index (χ0) is 16.7. The third kappa shape index (κ3) is 2.95. The van der Waals surface area contributed by atoms with E-state index in [-0.39, 0.29) is 17.1 Å². The zero-order valence-corrected chi connectivity index (χ0v) is 13.8. The molecule has 1 N–H and O–H groups in total. The van der Waals surface area contributed by atoms with Gasteiger partial charge in [-0.3, -0.25) is 4.79 Å². The Morgan fingerprint density at radius 3 is 2.75 bits per heavy atom. The molecule has 1 saturated carbocycles. The first-order chi connectivity index (χ1) is 11.6. The van der Waals surface area contributed by atoms with Crippen LogP contribution in [-0.4, -0.2) is 20.9 Å². The van der Waals surface area contributed by atoms with Crippen LogP contribution in [0.2, 0.25) is 5.28 Å². The molecule has 6 heteroatoms. The number of rotatable bonds is 3. The number of nitrogens with one attached hydrogen (secondary N) is 1. The van der Waals surface area contributed by atoms with E-state index in [0.717, 1.165) is 40.4 Å². The van der Waals surface area contributed by atoms with Gasteiger partial charge in [-0.15, -0.1) is 0 Å². The largest absolute Gasteiger partial charge is 0.310 e. The summed E-state index contributed by atoms with van der Waals surface area (Å²) in [6, 6.07) is 7.95. The number of fused-ring (bicyclic) bond motifs is 1. The maximum absolute atomic E-state index is 11.8. The van der Waals surface area contributed by atoms with E-state index in [1.54, 1.807) is 12.4 Å². The standard InChI is InChI=1S/C18H15ClN4O/c1-10-15(9-21-18(19)22-10)13-5-4-12-7-16(20-8-14(12)6-13)23-17(24)11-2-3-11/h4-9,11H,2-3H2,1H3,(H,20,23,24). The lowest BCUT2D eigenvalue weighted by molar-refractivity contribution is -0.117. The number of aromatic nitrogens is 3. The van der Waals surface area contributed by atoms with Crippen LogP contribution in [-0.2, 0) is 4.79 Å². The van der Waals surface area contributed by atoms with Crippen molar-refractivity contribution in [2.24, 2.45) is 5.92 Å². The molecule has 5 nitrogen and oxygen atoms in total. The Bertz CT molecular complexity index is 953. The summed E-state index contributed by atoms with van der Waals surface area (Å²) in [6.07, 6.45) is 5.45. The number of halogens is 1. The first-order valence-corrected chi connectivity index (χ1v) is 8.18. The van der Waals surface area contributed by atoms with E-state index in [4.69, 9.17) is 11.6 Å². The summed E-state index contributed by atoms with van der Waals surface area (Å²) in [7, 11) is 0. The molecule has 24 heavy (non-hydrogen) atoms. The molecule has 2 aromatic heterocycles. The number of carbonyl (C=O) groups is 1. The minimum Gasteiger partial charge on any atom is -0.310 e. The minimum atomic E-state index is 0.0624. The maximum Gasteiger partial charge on any atom is 0.228 e. The van der Waals surface area contributed by atoms with Gasteiger partial charge in [-0.25, -0.2) is 15.0 Å². The zero-order valence-electron chi connectivity index (χ0n) is 13.1. The Kier molecular flexibility index (Phi) is 3.65. The van der Waals surface area contributed by atoms with Crippen LogP contribution in [0.3, 0.4) is 0 Å². The van der Waals surface area contributed by atoms with Crippen molar-refractivity contribution in [2.75, 3.05) is 5.32 Å². The molecular formula is C18H15ClN4O. The van der Waals surface area contributed by atoms with Crippen molar-refractivity contribution in [3.63, 3.8) is 0 Å². The number of benzene rings is 1. The van der Waals surface area contributed by atoms with Gasteiger partial charge in [-0.05, 0) is 54.4 Å². The molecule has 0 unspecified atom stereocenters. The molecular weight excluding hydrogens is 324 g/mol. The molecule has 4 rings (SSSR count). The summed E-state index contributed by atoms with van der Waals surface area (Å²) in [5.41, 5.74) is 2.77. The number of hydrogen-bond donors (Lipinski definition) is 1. The quantitative estimate of drug-likeness (QED) is 0.733. The van der Waals surface area contributed by atoms with E-state index >= 15 is 0 Å². The molecule has 2 heterocycles. The average molecular weight is 339 g/mol. The second-order valence-corrected chi connectivity index (χ2v) is 6.37. The number of anilines is 1. The van der Waals surface area contributed by atoms with Gasteiger partial charge in [0.15, 0.2) is 0 Å². The summed E-state index contributed by atoms with van der Waals surface area (Å²) < 4.78 is 0. The number of aryl methyl sites for hydroxylation is 1. The van der Waals surface area contributed by atoms with Gasteiger partial charge in [0.05, 0.1) is 5.69 Å². The molecule has 0 radical (unpaired) electrons. The van der Waals surface area contributed by atoms with Crippen LogP contribution >= 0.6 is 11.6 Å². The van der Waals surface area contributed by atoms with Crippen LogP contribution in [0.4, 0.5) is 5.82 Å². The maximum atomic E-state index is 11.8. The normalized spacial score (nSPS) is 13.9. The SMILES string of the molecule is Cc1nc(Cl)ncc1-c1ccc2cc(NC(=O)C3CC3)ncc2c1. The van der Waals surface area contributed by atoms with E-state index in [0.29, 0.717) is 5.82 Å². The first-order valence-electron chi connectivity index (χ1n) is 7.80. The van der Waals surface area contributed by atoms with Crippen molar-refractivity contribution in [2.45, 2.75) is 19.8 Å². The Morgan fingerprint density at radius 1 is 1.17 bits per heavy atom. The van der Waals surface area contributed by atoms with Gasteiger partial charge in [0, 0.05) is 29.3 Å². The smallest absolute Gasteiger partial charge is 0.228 e. The van der Waals surface area contributed by atoms with E-state index < -0.39 is 0 Å². The summed E-state index contributed by atoms with van der Waals surface area (Å²) in [6.45, 7) is 1.90. The Hall–Kier alpha value is -2.53. The molecule has 0 bridgehead atoms. The molecule has 0 spiro atoms. The van der Waals surface area contributed by atoms with E-state index in [2.05, 4.69) is 20.3 Å². The lowest BCUT2D eigenvalue weighted by atomic mass is 10.0. The third-order valence-corrected chi connectivity index (χ3v) is 4.36. The molecule has 3 aromatic rings. The number of nitrogens with zero attached hydrogens (tertiary/aromatic N) is 3. The van der Waals surface area contributed by atoms with Crippen LogP contribution in [0.15, 0.2) is 36.7 Å². The van der Waals surface area contributed by atoms with Crippen molar-refractivity contribution in [1.82, 2.24) is 15.0 Å². The number of amides is 1. The summed E-state index contributed by atoms with van der Waals surface area (Å²) >= 11 is 5.82. The third-order valence-electron chi connectivity index (χ3n) is 4.18. The number of hydrogen-bond acceptors (Lipinski definition) is 4. The second kappa shape index (κ2) is 5.83. The van der Waals surface area contributed by atoms with Crippen molar-refractivity contribution in [3.05, 3.63) is 47.6 Å². The van der Waals surface area contributed by atoms with Crippen LogP contribution in [0.1, 0.15) is 18.5 Å². The van der Waals surface area contributed by atoms with Crippen LogP contribution < -0.4 is 5.32 Å². The van der Waals surface area contributed by atoms with Crippen LogP contribution in [0.25, 0.3) is 21.9 Å². The average Bonchev–Trinajstić information content (AvgIpc) is 3.39. The lowest BCUT2D eigenvalue weighted by Gasteiger charge is -2.08. The van der Waals surface area contributed by atoms with E-state index in [1.807, 2.05) is 31.2 Å². The second-order valence-electron chi connectivity index (χ2n) is 6.03. The highest BCUT2D eigenvalue weighted by Gasteiger charge is 2.29. The van der Waals surface area contributed by atoms with Crippen LogP contribution in [0, 0.1) is 12.8 Å². The topological polar surface area (TPSA) is 67.8 Å². The first kappa shape index (κ1) is 15.0. The Labute approximate surface area is 144 Å². The summed E-state index contributed by atoms with van der Waals surface area (Å²) in [4.78, 5) is 24.4. The molecule has 0 aliphatic heterocycles. The number of carbonyl (C=O) groups excluding carboxylic acids is 1. The molecule has 0 saturated heterocycles. The van der Waals surface area contributed by atoms with Crippen molar-refractivity contribution < 1.29 is 4.79 Å². The van der Waals surface area contributed by atoms with Gasteiger partial charge >= 0.3 is 0 Å². The fraction of sp³-hybridized carbons (Fsp3) is 0.222. The predicted octanol–water partition coefficient (Wildman–Crippen LogP) is 4.00. The van der Waals surface area contributed by atoms with Crippen molar-refractivity contribution in [1.29, 1.82) is 0 Å². The molecule has 120 valence electrons. The van der Waals surface area contributed by atoms with Gasteiger partial charge in [-0.1, -0.05) is 12.1 Å². The molecule has 0 atom stereocenters. The van der Waals surface area contributed by atoms with Gasteiger partial charge < -0.3 is 5.32 Å². The fourth-order valence-corrected chi connectivity index (χ4v) is 2.85. The predicted molar refractivity (Wildman–Crippen MR) is 93.9 cm³/mol. The Morgan fingerprint density at radius 2 is 2.00 bits per heavy atom. The molecule has 1 amide bonds. The highest BCUT2D eigenvalue weighted by Crippen LogP contribution is 2.31. The van der Waals surface area contributed by atoms with E-state index in [9.17, 15) is 4.79 Å². The van der Waals surface area contributed by atoms with Crippen molar-refractivity contribution >= 4 is 34.1 Å². The monoisotopic (exact) mass is 338 g/mol. The summed E-state index contributed by atoms with van der Waals surface area (Å²) in [5.74, 6) is 0.823. The fourth-order valence-electron chi connectivity index (χ4n) is 2.67. The van der Waals surface area contributed by atoms with Crippen molar-refractivity contribution in [3.8, 4) is 11.1 Å². The van der Waals surface area contributed by atoms with Gasteiger partial charge in [0.2, 0.25) is 11.2 Å². The molecule has 1 aliphatic carbocycles. The van der Waals surface area contributed by atoms with E-state index in [1.165, 1.54) is 0 Å². The Balaban J connectivity index is 1.67. The highest BCUT2D eigenvalue weighted by atomic mass is 35.5.